The van der Waals surface area contributed by atoms with Crippen LogP contribution < -0.4 is 14.8 Å². The smallest absolute Gasteiger partial charge is 0.251 e. The van der Waals surface area contributed by atoms with E-state index in [1.807, 2.05) is 24.3 Å². The highest BCUT2D eigenvalue weighted by molar-refractivity contribution is 5.95. The Morgan fingerprint density at radius 3 is 2.61 bits per heavy atom. The summed E-state index contributed by atoms with van der Waals surface area (Å²) in [5.41, 5.74) is 2.51. The molecule has 31 heavy (non-hydrogen) atoms. The number of nitrogens with zero attached hydrogens (tertiary/aromatic N) is 2. The summed E-state index contributed by atoms with van der Waals surface area (Å²) in [6.07, 6.45) is 3.79. The van der Waals surface area contributed by atoms with Gasteiger partial charge in [-0.3, -0.25) is 4.79 Å². The maximum atomic E-state index is 12.9. The number of ether oxygens (including phenoxy) is 2. The summed E-state index contributed by atoms with van der Waals surface area (Å²) in [6.45, 7) is 0.588. The fourth-order valence-electron chi connectivity index (χ4n) is 4.50. The predicted molar refractivity (Wildman–Crippen MR) is 119 cm³/mol. The molecule has 2 N–H and O–H groups in total. The number of aromatic nitrogens is 2. The fourth-order valence-corrected chi connectivity index (χ4v) is 4.50. The van der Waals surface area contributed by atoms with Crippen molar-refractivity contribution >= 4 is 16.9 Å². The minimum absolute atomic E-state index is 0.0610. The first kappa shape index (κ1) is 21.2. The number of carbonyl (C=O) groups excluding carboxylic acids is 1. The first-order valence-electron chi connectivity index (χ1n) is 10.7. The summed E-state index contributed by atoms with van der Waals surface area (Å²) < 4.78 is 12.7. The third-order valence-corrected chi connectivity index (χ3v) is 6.00. The number of hydrogen-bond donors (Lipinski definition) is 2. The number of methoxy groups -OCH3 is 2. The average molecular weight is 424 g/mol. The molecule has 1 fully saturated rings. The Balaban J connectivity index is 1.53. The normalized spacial score (nSPS) is 18.7. The quantitative estimate of drug-likeness (QED) is 0.608. The average Bonchev–Trinajstić information content (AvgIpc) is 3.17. The third kappa shape index (κ3) is 4.51. The Kier molecular flexibility index (Phi) is 6.42. The van der Waals surface area contributed by atoms with E-state index in [-0.39, 0.29) is 24.5 Å². The maximum Gasteiger partial charge on any atom is 0.251 e. The minimum Gasteiger partial charge on any atom is -0.497 e. The van der Waals surface area contributed by atoms with E-state index in [2.05, 4.69) is 9.88 Å². The number of hydrogen-bond acceptors (Lipinski definition) is 5. The highest BCUT2D eigenvalue weighted by Gasteiger charge is 2.28. The van der Waals surface area contributed by atoms with Crippen molar-refractivity contribution < 1.29 is 19.4 Å². The van der Waals surface area contributed by atoms with Crippen molar-refractivity contribution in [2.24, 2.45) is 0 Å². The molecule has 2 atom stereocenters. The van der Waals surface area contributed by atoms with Gasteiger partial charge in [0.15, 0.2) is 0 Å². The van der Waals surface area contributed by atoms with Gasteiger partial charge < -0.3 is 24.5 Å². The zero-order valence-corrected chi connectivity index (χ0v) is 18.0. The summed E-state index contributed by atoms with van der Waals surface area (Å²) in [4.78, 5) is 17.8. The van der Waals surface area contributed by atoms with Crippen LogP contribution in [-0.2, 0) is 6.54 Å². The molecular weight excluding hydrogens is 394 g/mol. The number of amides is 1. The van der Waals surface area contributed by atoms with Crippen LogP contribution in [0.1, 0.15) is 47.8 Å². The van der Waals surface area contributed by atoms with E-state index in [1.165, 1.54) is 0 Å². The molecule has 164 valence electrons. The molecular formula is C24H29N3O4. The van der Waals surface area contributed by atoms with Crippen molar-refractivity contribution in [1.29, 1.82) is 0 Å². The van der Waals surface area contributed by atoms with Crippen LogP contribution in [0.3, 0.4) is 0 Å². The van der Waals surface area contributed by atoms with Crippen LogP contribution in [0.25, 0.3) is 11.0 Å². The highest BCUT2D eigenvalue weighted by Crippen LogP contribution is 2.34. The second-order valence-electron chi connectivity index (χ2n) is 7.97. The van der Waals surface area contributed by atoms with Gasteiger partial charge in [-0.25, -0.2) is 4.98 Å². The standard InChI is InChI=1S/C24H29N3O4/c1-30-19-13-17(14-20(15-19)31-2)24(29)25-18-7-5-6-16(12-18)23-26-21-8-3-4-9-22(21)27(23)10-11-28/h3-4,8-9,13-16,18,28H,5-7,10-12H2,1-2H3,(H,25,29)/t16?,18-/m1/s1. The second-order valence-corrected chi connectivity index (χ2v) is 7.97. The van der Waals surface area contributed by atoms with Gasteiger partial charge in [0.25, 0.3) is 5.91 Å². The molecule has 1 aliphatic carbocycles. The summed E-state index contributed by atoms with van der Waals surface area (Å²) >= 11 is 0. The van der Waals surface area contributed by atoms with Gasteiger partial charge in [0.2, 0.25) is 0 Å². The van der Waals surface area contributed by atoms with Crippen LogP contribution in [0, 0.1) is 0 Å². The first-order valence-corrected chi connectivity index (χ1v) is 10.7. The SMILES string of the molecule is COc1cc(OC)cc(C(=O)N[C@@H]2CCCC(c3nc4ccccc4n3CCO)C2)c1. The molecule has 0 saturated heterocycles. The first-order chi connectivity index (χ1) is 15.1. The lowest BCUT2D eigenvalue weighted by Gasteiger charge is -2.30. The molecule has 1 aromatic heterocycles. The number of nitrogens with one attached hydrogen (secondary N) is 1. The van der Waals surface area contributed by atoms with Gasteiger partial charge in [-0.2, -0.15) is 0 Å². The molecule has 1 amide bonds. The van der Waals surface area contributed by atoms with Crippen LogP contribution in [0.4, 0.5) is 0 Å². The summed E-state index contributed by atoms with van der Waals surface area (Å²) in [7, 11) is 3.14. The lowest BCUT2D eigenvalue weighted by molar-refractivity contribution is 0.0923. The summed E-state index contributed by atoms with van der Waals surface area (Å²) in [5.74, 6) is 2.27. The molecule has 7 heteroatoms. The number of rotatable bonds is 7. The van der Waals surface area contributed by atoms with E-state index in [9.17, 15) is 9.90 Å². The van der Waals surface area contributed by atoms with E-state index in [0.29, 0.717) is 23.6 Å². The largest absolute Gasteiger partial charge is 0.497 e. The number of fused-ring (bicyclic) bond motifs is 1. The molecule has 4 rings (SSSR count). The van der Waals surface area contributed by atoms with E-state index in [4.69, 9.17) is 14.5 Å². The molecule has 3 aromatic rings. The summed E-state index contributed by atoms with van der Waals surface area (Å²) in [6, 6.07) is 13.3. The monoisotopic (exact) mass is 423 g/mol. The third-order valence-electron chi connectivity index (χ3n) is 6.00. The number of para-hydroxylation sites is 2. The number of aliphatic hydroxyl groups is 1. The molecule has 1 unspecified atom stereocenters. The van der Waals surface area contributed by atoms with E-state index >= 15 is 0 Å². The molecule has 1 heterocycles. The Morgan fingerprint density at radius 2 is 1.90 bits per heavy atom. The Bertz CT molecular complexity index is 1040. The number of imidazole rings is 1. The van der Waals surface area contributed by atoms with Crippen LogP contribution in [-0.4, -0.2) is 47.4 Å². The van der Waals surface area contributed by atoms with Crippen molar-refractivity contribution in [2.45, 2.75) is 44.2 Å². The zero-order chi connectivity index (χ0) is 21.8. The van der Waals surface area contributed by atoms with Gasteiger partial charge in [0.05, 0.1) is 31.9 Å². The zero-order valence-electron chi connectivity index (χ0n) is 18.0. The maximum absolute atomic E-state index is 12.9. The lowest BCUT2D eigenvalue weighted by atomic mass is 9.85. The van der Waals surface area contributed by atoms with E-state index < -0.39 is 0 Å². The molecule has 0 bridgehead atoms. The predicted octanol–water partition coefficient (Wildman–Crippen LogP) is 3.50. The molecule has 7 nitrogen and oxygen atoms in total. The summed E-state index contributed by atoms with van der Waals surface area (Å²) in [5, 5.41) is 12.8. The Labute approximate surface area is 182 Å². The van der Waals surface area contributed by atoms with Gasteiger partial charge in [-0.15, -0.1) is 0 Å². The van der Waals surface area contributed by atoms with E-state index in [0.717, 1.165) is 42.5 Å². The van der Waals surface area contributed by atoms with Crippen molar-refractivity contribution in [3.8, 4) is 11.5 Å². The minimum atomic E-state index is -0.133. The van der Waals surface area contributed by atoms with Gasteiger partial charge in [0, 0.05) is 30.1 Å². The van der Waals surface area contributed by atoms with E-state index in [1.54, 1.807) is 32.4 Å². The van der Waals surface area contributed by atoms with Crippen molar-refractivity contribution in [2.75, 3.05) is 20.8 Å². The molecule has 1 aliphatic rings. The highest BCUT2D eigenvalue weighted by atomic mass is 16.5. The lowest BCUT2D eigenvalue weighted by Crippen LogP contribution is -2.38. The molecule has 0 spiro atoms. The van der Waals surface area contributed by atoms with Gasteiger partial charge in [-0.1, -0.05) is 18.6 Å². The van der Waals surface area contributed by atoms with Crippen molar-refractivity contribution in [3.63, 3.8) is 0 Å². The van der Waals surface area contributed by atoms with Gasteiger partial charge in [-0.05, 0) is 43.5 Å². The van der Waals surface area contributed by atoms with Gasteiger partial charge >= 0.3 is 0 Å². The van der Waals surface area contributed by atoms with Gasteiger partial charge in [0.1, 0.15) is 17.3 Å². The molecule has 1 saturated carbocycles. The molecule has 2 aromatic carbocycles. The molecule has 0 radical (unpaired) electrons. The fraction of sp³-hybridized carbons (Fsp3) is 0.417. The van der Waals surface area contributed by atoms with Crippen LogP contribution in [0.15, 0.2) is 42.5 Å². The Morgan fingerprint density at radius 1 is 1.16 bits per heavy atom. The number of carbonyl (C=O) groups is 1. The van der Waals surface area contributed by atoms with Crippen molar-refractivity contribution in [1.82, 2.24) is 14.9 Å². The number of aliphatic hydroxyl groups excluding tert-OH is 1. The van der Waals surface area contributed by atoms with Crippen LogP contribution in [0.5, 0.6) is 11.5 Å². The van der Waals surface area contributed by atoms with Crippen molar-refractivity contribution in [3.05, 3.63) is 53.9 Å². The topological polar surface area (TPSA) is 85.6 Å². The van der Waals surface area contributed by atoms with Crippen LogP contribution in [0.2, 0.25) is 0 Å². The number of benzene rings is 2. The second kappa shape index (κ2) is 9.39. The van der Waals surface area contributed by atoms with Crippen LogP contribution >= 0.6 is 0 Å². The Hall–Kier alpha value is -3.06. The molecule has 0 aliphatic heterocycles.